The van der Waals surface area contributed by atoms with E-state index in [1.54, 1.807) is 67.3 Å². The van der Waals surface area contributed by atoms with E-state index in [0.717, 1.165) is 0 Å². The minimum Gasteiger partial charge on any atom is -0.497 e. The second-order valence-electron chi connectivity index (χ2n) is 7.11. The van der Waals surface area contributed by atoms with Gasteiger partial charge in [-0.3, -0.25) is 4.79 Å². The number of nitrogens with two attached hydrogens (primary N) is 1. The molecule has 0 radical (unpaired) electrons. The molecule has 1 aliphatic heterocycles. The molecule has 0 saturated carbocycles. The second-order valence-corrected chi connectivity index (χ2v) is 7.11. The Kier molecular flexibility index (Phi) is 5.29. The molecule has 1 aliphatic rings. The van der Waals surface area contributed by atoms with Crippen molar-refractivity contribution in [3.63, 3.8) is 0 Å². The fraction of sp³-hybridized carbons (Fsp3) is 0.217. The van der Waals surface area contributed by atoms with Crippen LogP contribution in [-0.4, -0.2) is 24.8 Å². The highest BCUT2D eigenvalue weighted by atomic mass is 16.5. The Morgan fingerprint density at radius 1 is 1.19 bits per heavy atom. The van der Waals surface area contributed by atoms with E-state index in [0.29, 0.717) is 34.1 Å². The summed E-state index contributed by atoms with van der Waals surface area (Å²) in [6, 6.07) is 12.4. The lowest BCUT2D eigenvalue weighted by molar-refractivity contribution is -0.136. The molecule has 3 heterocycles. The van der Waals surface area contributed by atoms with Crippen molar-refractivity contribution in [1.29, 1.82) is 0 Å². The molecule has 160 valence electrons. The van der Waals surface area contributed by atoms with Gasteiger partial charge in [0.05, 0.1) is 38.5 Å². The first-order chi connectivity index (χ1) is 14.9. The molecule has 0 spiro atoms. The molecule has 3 aromatic rings. The smallest absolute Gasteiger partial charge is 0.340 e. The monoisotopic (exact) mass is 422 g/mol. The van der Waals surface area contributed by atoms with Crippen LogP contribution < -0.4 is 20.8 Å². The number of rotatable bonds is 5. The number of pyridine rings is 1. The normalized spacial score (nSPS) is 15.3. The van der Waals surface area contributed by atoms with E-state index < -0.39 is 11.9 Å². The average molecular weight is 422 g/mol. The molecule has 2 aromatic heterocycles. The zero-order valence-electron chi connectivity index (χ0n) is 17.4. The SMILES string of the molecule is COC(=O)C1=C(N)Oc2cc(C)n(Cc3ccco3)c(=O)c2C1c1ccc(OC)cc1. The summed E-state index contributed by atoms with van der Waals surface area (Å²) in [5.74, 6) is 0.0596. The van der Waals surface area contributed by atoms with Gasteiger partial charge in [-0.2, -0.15) is 0 Å². The molecule has 2 N–H and O–H groups in total. The molecule has 8 nitrogen and oxygen atoms in total. The Morgan fingerprint density at radius 3 is 2.55 bits per heavy atom. The summed E-state index contributed by atoms with van der Waals surface area (Å²) in [6.45, 7) is 2.04. The number of furan rings is 1. The van der Waals surface area contributed by atoms with Crippen LogP contribution in [-0.2, 0) is 16.1 Å². The number of ether oxygens (including phenoxy) is 3. The van der Waals surface area contributed by atoms with E-state index >= 15 is 0 Å². The number of aryl methyl sites for hydroxylation is 1. The number of aromatic nitrogens is 1. The lowest BCUT2D eigenvalue weighted by Gasteiger charge is -2.29. The quantitative estimate of drug-likeness (QED) is 0.630. The zero-order valence-corrected chi connectivity index (χ0v) is 17.4. The largest absolute Gasteiger partial charge is 0.497 e. The summed E-state index contributed by atoms with van der Waals surface area (Å²) in [5, 5.41) is 0. The molecule has 0 aliphatic carbocycles. The van der Waals surface area contributed by atoms with E-state index in [-0.39, 0.29) is 23.6 Å². The van der Waals surface area contributed by atoms with Gasteiger partial charge >= 0.3 is 5.97 Å². The molecular weight excluding hydrogens is 400 g/mol. The van der Waals surface area contributed by atoms with Crippen LogP contribution in [0.1, 0.15) is 28.5 Å². The van der Waals surface area contributed by atoms with Crippen LogP contribution in [0.15, 0.2) is 69.4 Å². The van der Waals surface area contributed by atoms with Crippen molar-refractivity contribution >= 4 is 5.97 Å². The van der Waals surface area contributed by atoms with Crippen molar-refractivity contribution < 1.29 is 23.4 Å². The molecule has 0 bridgehead atoms. The highest BCUT2D eigenvalue weighted by Crippen LogP contribution is 2.41. The third kappa shape index (κ3) is 3.56. The van der Waals surface area contributed by atoms with E-state index in [9.17, 15) is 9.59 Å². The molecule has 0 amide bonds. The zero-order chi connectivity index (χ0) is 22.1. The minimum absolute atomic E-state index is 0.0747. The van der Waals surface area contributed by atoms with Crippen molar-refractivity contribution in [2.45, 2.75) is 19.4 Å². The molecule has 4 rings (SSSR count). The first kappa shape index (κ1) is 20.3. The number of esters is 1. The molecule has 1 unspecified atom stereocenters. The highest BCUT2D eigenvalue weighted by molar-refractivity contribution is 5.92. The summed E-state index contributed by atoms with van der Waals surface area (Å²) < 4.78 is 22.9. The van der Waals surface area contributed by atoms with Crippen LogP contribution in [0.2, 0.25) is 0 Å². The fourth-order valence-electron chi connectivity index (χ4n) is 3.78. The van der Waals surface area contributed by atoms with Crippen LogP contribution in [0.25, 0.3) is 0 Å². The first-order valence-electron chi connectivity index (χ1n) is 9.61. The van der Waals surface area contributed by atoms with E-state index in [1.807, 2.05) is 0 Å². The topological polar surface area (TPSA) is 106 Å². The lowest BCUT2D eigenvalue weighted by atomic mass is 9.83. The molecule has 0 saturated heterocycles. The van der Waals surface area contributed by atoms with Crippen molar-refractivity contribution in [3.8, 4) is 11.5 Å². The van der Waals surface area contributed by atoms with Gasteiger partial charge in [-0.1, -0.05) is 12.1 Å². The van der Waals surface area contributed by atoms with Crippen molar-refractivity contribution in [3.05, 3.63) is 93.1 Å². The van der Waals surface area contributed by atoms with Gasteiger partial charge in [0.15, 0.2) is 0 Å². The number of fused-ring (bicyclic) bond motifs is 1. The van der Waals surface area contributed by atoms with Gasteiger partial charge in [0, 0.05) is 11.8 Å². The fourth-order valence-corrected chi connectivity index (χ4v) is 3.78. The van der Waals surface area contributed by atoms with Crippen molar-refractivity contribution in [1.82, 2.24) is 4.57 Å². The van der Waals surface area contributed by atoms with E-state index in [2.05, 4.69) is 0 Å². The van der Waals surface area contributed by atoms with Gasteiger partial charge in [0.25, 0.3) is 5.56 Å². The third-order valence-corrected chi connectivity index (χ3v) is 5.32. The van der Waals surface area contributed by atoms with Crippen molar-refractivity contribution in [2.75, 3.05) is 14.2 Å². The van der Waals surface area contributed by atoms with Crippen LogP contribution in [0.5, 0.6) is 11.5 Å². The predicted octanol–water partition coefficient (Wildman–Crippen LogP) is 2.67. The summed E-state index contributed by atoms with van der Waals surface area (Å²) in [5.41, 5.74) is 7.53. The number of methoxy groups -OCH3 is 2. The second kappa shape index (κ2) is 8.06. The summed E-state index contributed by atoms with van der Waals surface area (Å²) in [7, 11) is 2.82. The third-order valence-electron chi connectivity index (χ3n) is 5.32. The number of hydrogen-bond acceptors (Lipinski definition) is 7. The number of nitrogens with zero attached hydrogens (tertiary/aromatic N) is 1. The van der Waals surface area contributed by atoms with E-state index in [4.69, 9.17) is 24.4 Å². The first-order valence-corrected chi connectivity index (χ1v) is 9.61. The molecule has 1 atom stereocenters. The van der Waals surface area contributed by atoms with Gasteiger partial charge in [-0.05, 0) is 36.8 Å². The maximum Gasteiger partial charge on any atom is 0.340 e. The highest BCUT2D eigenvalue weighted by Gasteiger charge is 2.38. The maximum absolute atomic E-state index is 13.6. The molecule has 31 heavy (non-hydrogen) atoms. The van der Waals surface area contributed by atoms with Gasteiger partial charge < -0.3 is 28.9 Å². The summed E-state index contributed by atoms with van der Waals surface area (Å²) in [4.78, 5) is 26.3. The van der Waals surface area contributed by atoms with Gasteiger partial charge in [0.1, 0.15) is 22.8 Å². The molecule has 8 heteroatoms. The Balaban J connectivity index is 1.94. The summed E-state index contributed by atoms with van der Waals surface area (Å²) in [6.07, 6.45) is 1.55. The Hall–Kier alpha value is -3.94. The minimum atomic E-state index is -0.766. The molecule has 0 fully saturated rings. The van der Waals surface area contributed by atoms with Crippen LogP contribution >= 0.6 is 0 Å². The Bertz CT molecular complexity index is 1210. The number of benzene rings is 1. The van der Waals surface area contributed by atoms with Gasteiger partial charge in [0.2, 0.25) is 5.88 Å². The lowest BCUT2D eigenvalue weighted by Crippen LogP contribution is -2.35. The Labute approximate surface area is 178 Å². The van der Waals surface area contributed by atoms with Crippen LogP contribution in [0.3, 0.4) is 0 Å². The maximum atomic E-state index is 13.6. The average Bonchev–Trinajstić information content (AvgIpc) is 3.28. The van der Waals surface area contributed by atoms with E-state index in [1.165, 1.54) is 7.11 Å². The number of hydrogen-bond donors (Lipinski definition) is 1. The van der Waals surface area contributed by atoms with Crippen LogP contribution in [0, 0.1) is 6.92 Å². The van der Waals surface area contributed by atoms with Crippen molar-refractivity contribution in [2.24, 2.45) is 5.73 Å². The summed E-state index contributed by atoms with van der Waals surface area (Å²) >= 11 is 0. The molecule has 1 aromatic carbocycles. The predicted molar refractivity (Wildman–Crippen MR) is 112 cm³/mol. The standard InChI is InChI=1S/C23H22N2O6/c1-13-11-17-19(22(26)25(13)12-16-5-4-10-30-16)18(14-6-8-15(28-2)9-7-14)20(21(24)31-17)23(27)29-3/h4-11,18H,12,24H2,1-3H3. The Morgan fingerprint density at radius 2 is 1.94 bits per heavy atom. The van der Waals surface area contributed by atoms with Crippen LogP contribution in [0.4, 0.5) is 0 Å². The number of carbonyl (C=O) groups excluding carboxylic acids is 1. The van der Waals surface area contributed by atoms with Gasteiger partial charge in [-0.15, -0.1) is 0 Å². The molecular formula is C23H22N2O6. The number of carbonyl (C=O) groups is 1. The van der Waals surface area contributed by atoms with Gasteiger partial charge in [-0.25, -0.2) is 4.79 Å².